The highest BCUT2D eigenvalue weighted by molar-refractivity contribution is 6.04. The summed E-state index contributed by atoms with van der Waals surface area (Å²) in [6, 6.07) is 15.1. The first-order valence-corrected chi connectivity index (χ1v) is 8.91. The quantitative estimate of drug-likeness (QED) is 0.495. The lowest BCUT2D eigenvalue weighted by molar-refractivity contribution is -0.141. The molecule has 0 atom stereocenters. The summed E-state index contributed by atoms with van der Waals surface area (Å²) in [5, 5.41) is 2.60. The molecule has 0 aliphatic heterocycles. The molecule has 1 N–H and O–H groups in total. The molecule has 0 spiro atoms. The van der Waals surface area contributed by atoms with E-state index in [1.54, 1.807) is 48.5 Å². The number of nitrogens with zero attached hydrogens (tertiary/aromatic N) is 1. The van der Waals surface area contributed by atoms with E-state index in [1.807, 2.05) is 0 Å². The number of amides is 1. The zero-order valence-corrected chi connectivity index (χ0v) is 16.2. The van der Waals surface area contributed by atoms with Gasteiger partial charge in [-0.05, 0) is 48.5 Å². The number of benzene rings is 2. The Morgan fingerprint density at radius 2 is 1.61 bits per heavy atom. The van der Waals surface area contributed by atoms with Gasteiger partial charge in [-0.15, -0.1) is 0 Å². The van der Waals surface area contributed by atoms with E-state index < -0.39 is 23.7 Å². The topological polar surface area (TPSA) is 68.3 Å². The lowest BCUT2D eigenvalue weighted by atomic mass is 10.1. The van der Waals surface area contributed by atoms with Crippen molar-refractivity contribution in [1.82, 2.24) is 4.98 Å². The van der Waals surface area contributed by atoms with E-state index in [1.165, 1.54) is 7.11 Å². The summed E-state index contributed by atoms with van der Waals surface area (Å²) in [7, 11) is 1.29. The number of methoxy groups -OCH3 is 1. The van der Waals surface area contributed by atoms with Gasteiger partial charge >= 0.3 is 12.1 Å². The van der Waals surface area contributed by atoms with Crippen LogP contribution in [0.15, 0.2) is 66.9 Å². The van der Waals surface area contributed by atoms with Crippen LogP contribution in [0.5, 0.6) is 0 Å². The van der Waals surface area contributed by atoms with Crippen molar-refractivity contribution in [3.8, 4) is 11.8 Å². The third-order valence-corrected chi connectivity index (χ3v) is 4.07. The Kier molecular flexibility index (Phi) is 6.36. The average Bonchev–Trinajstić information content (AvgIpc) is 2.77. The molecule has 1 heterocycles. The molecule has 1 aromatic heterocycles. The molecule has 5 nitrogen and oxygen atoms in total. The predicted molar refractivity (Wildman–Crippen MR) is 107 cm³/mol. The van der Waals surface area contributed by atoms with Gasteiger partial charge in [-0.2, -0.15) is 13.2 Å². The molecule has 3 rings (SSSR count). The monoisotopic (exact) mass is 424 g/mol. The molecule has 1 amide bonds. The zero-order valence-electron chi connectivity index (χ0n) is 16.2. The van der Waals surface area contributed by atoms with Crippen LogP contribution in [0.3, 0.4) is 0 Å². The van der Waals surface area contributed by atoms with Crippen LogP contribution in [0.1, 0.15) is 37.5 Å². The van der Waals surface area contributed by atoms with Crippen LogP contribution in [0.4, 0.5) is 18.9 Å². The molecule has 2 aromatic carbocycles. The normalized spacial score (nSPS) is 10.6. The minimum atomic E-state index is -4.57. The number of nitrogens with one attached hydrogen (secondary N) is 1. The van der Waals surface area contributed by atoms with Crippen molar-refractivity contribution in [2.24, 2.45) is 0 Å². The Morgan fingerprint density at radius 3 is 2.23 bits per heavy atom. The summed E-state index contributed by atoms with van der Waals surface area (Å²) in [5.74, 6) is 4.79. The van der Waals surface area contributed by atoms with Crippen LogP contribution in [-0.4, -0.2) is 24.0 Å². The number of ether oxygens (including phenoxy) is 1. The third-order valence-electron chi connectivity index (χ3n) is 4.07. The molecule has 0 bridgehead atoms. The van der Waals surface area contributed by atoms with Gasteiger partial charge in [0.1, 0.15) is 5.69 Å². The molecule has 0 saturated carbocycles. The first-order chi connectivity index (χ1) is 14.8. The Bertz CT molecular complexity index is 1180. The van der Waals surface area contributed by atoms with Crippen LogP contribution in [0.2, 0.25) is 0 Å². The van der Waals surface area contributed by atoms with Crippen molar-refractivity contribution in [3.05, 3.63) is 94.8 Å². The summed E-state index contributed by atoms with van der Waals surface area (Å²) < 4.78 is 42.4. The van der Waals surface area contributed by atoms with E-state index in [0.29, 0.717) is 22.4 Å². The number of rotatable bonds is 3. The van der Waals surface area contributed by atoms with Gasteiger partial charge in [-0.25, -0.2) is 4.79 Å². The van der Waals surface area contributed by atoms with Gasteiger partial charge in [0.05, 0.1) is 18.2 Å². The Balaban J connectivity index is 1.73. The molecule has 156 valence electrons. The number of pyridine rings is 1. The van der Waals surface area contributed by atoms with Gasteiger partial charge in [-0.3, -0.25) is 9.78 Å². The second kappa shape index (κ2) is 9.13. The molecule has 0 unspecified atom stereocenters. The maximum absolute atomic E-state index is 12.6. The van der Waals surface area contributed by atoms with Crippen molar-refractivity contribution in [1.29, 1.82) is 0 Å². The number of halogens is 3. The minimum absolute atomic E-state index is 0.0101. The van der Waals surface area contributed by atoms with E-state index in [9.17, 15) is 22.8 Å². The van der Waals surface area contributed by atoms with E-state index in [2.05, 4.69) is 26.9 Å². The van der Waals surface area contributed by atoms with Crippen LogP contribution >= 0.6 is 0 Å². The summed E-state index contributed by atoms with van der Waals surface area (Å²) >= 11 is 0. The largest absolute Gasteiger partial charge is 0.465 e. The van der Waals surface area contributed by atoms with Crippen molar-refractivity contribution < 1.29 is 27.5 Å². The summed E-state index contributed by atoms with van der Waals surface area (Å²) in [4.78, 5) is 27.2. The molecule has 0 saturated heterocycles. The highest BCUT2D eigenvalue weighted by Crippen LogP contribution is 2.27. The average molecular weight is 424 g/mol. The zero-order chi connectivity index (χ0) is 22.4. The molecule has 31 heavy (non-hydrogen) atoms. The fraction of sp³-hybridized carbons (Fsp3) is 0.0870. The molecule has 0 fully saturated rings. The molecular weight excluding hydrogens is 409 g/mol. The van der Waals surface area contributed by atoms with Gasteiger partial charge in [-0.1, -0.05) is 24.0 Å². The first kappa shape index (κ1) is 21.6. The van der Waals surface area contributed by atoms with Crippen molar-refractivity contribution in [2.45, 2.75) is 6.18 Å². The Labute approximate surface area is 175 Å². The molecule has 0 aliphatic rings. The highest BCUT2D eigenvalue weighted by atomic mass is 19.4. The number of aromatic nitrogens is 1. The number of hydrogen-bond donors (Lipinski definition) is 1. The number of esters is 1. The number of alkyl halides is 3. The van der Waals surface area contributed by atoms with Crippen molar-refractivity contribution in [2.75, 3.05) is 12.4 Å². The Hall–Kier alpha value is -4.12. The summed E-state index contributed by atoms with van der Waals surface area (Å²) in [5.41, 5.74) is 0.905. The van der Waals surface area contributed by atoms with Crippen LogP contribution in [-0.2, 0) is 10.9 Å². The predicted octanol–water partition coefficient (Wildman–Crippen LogP) is 4.54. The number of hydrogen-bond acceptors (Lipinski definition) is 4. The van der Waals surface area contributed by atoms with Crippen LogP contribution in [0.25, 0.3) is 0 Å². The van der Waals surface area contributed by atoms with Gasteiger partial charge in [0.25, 0.3) is 5.91 Å². The molecular formula is C23H15F3N2O3. The fourth-order valence-corrected chi connectivity index (χ4v) is 2.56. The first-order valence-electron chi connectivity index (χ1n) is 8.91. The third kappa shape index (κ3) is 5.70. The van der Waals surface area contributed by atoms with Gasteiger partial charge in [0, 0.05) is 23.0 Å². The standard InChI is InChI=1S/C23H15F3N2O3/c1-31-22(30)17-6-2-4-15(12-17)8-9-16-5-3-7-19(13-16)28-21(29)18-10-11-20(27-14-18)23(24,25)26/h2-7,10-14H,1H3,(H,28,29). The lowest BCUT2D eigenvalue weighted by Crippen LogP contribution is -2.14. The van der Waals surface area contributed by atoms with Gasteiger partial charge in [0.2, 0.25) is 0 Å². The van der Waals surface area contributed by atoms with Crippen LogP contribution < -0.4 is 5.32 Å². The van der Waals surface area contributed by atoms with Crippen molar-refractivity contribution in [3.63, 3.8) is 0 Å². The van der Waals surface area contributed by atoms with E-state index >= 15 is 0 Å². The maximum atomic E-state index is 12.6. The van der Waals surface area contributed by atoms with Gasteiger partial charge in [0.15, 0.2) is 0 Å². The lowest BCUT2D eigenvalue weighted by Gasteiger charge is -2.08. The highest BCUT2D eigenvalue weighted by Gasteiger charge is 2.32. The SMILES string of the molecule is COC(=O)c1cccc(C#Cc2cccc(NC(=O)c3ccc(C(F)(F)F)nc3)c2)c1. The maximum Gasteiger partial charge on any atom is 0.433 e. The van der Waals surface area contributed by atoms with E-state index in [-0.39, 0.29) is 5.56 Å². The second-order valence-electron chi connectivity index (χ2n) is 6.29. The smallest absolute Gasteiger partial charge is 0.433 e. The summed E-state index contributed by atoms with van der Waals surface area (Å²) in [6.07, 6.45) is -3.70. The fourth-order valence-electron chi connectivity index (χ4n) is 2.56. The number of carbonyl (C=O) groups is 2. The number of anilines is 1. The summed E-state index contributed by atoms with van der Waals surface area (Å²) in [6.45, 7) is 0. The number of carbonyl (C=O) groups excluding carboxylic acids is 2. The van der Waals surface area contributed by atoms with E-state index in [0.717, 1.165) is 18.3 Å². The minimum Gasteiger partial charge on any atom is -0.465 e. The molecule has 3 aromatic rings. The second-order valence-corrected chi connectivity index (χ2v) is 6.29. The Morgan fingerprint density at radius 1 is 0.935 bits per heavy atom. The molecule has 8 heteroatoms. The molecule has 0 aliphatic carbocycles. The van der Waals surface area contributed by atoms with Crippen LogP contribution in [0, 0.1) is 11.8 Å². The van der Waals surface area contributed by atoms with E-state index in [4.69, 9.17) is 0 Å². The molecule has 0 radical (unpaired) electrons. The van der Waals surface area contributed by atoms with Gasteiger partial charge < -0.3 is 10.1 Å². The van der Waals surface area contributed by atoms with Crippen molar-refractivity contribution >= 4 is 17.6 Å².